The van der Waals surface area contributed by atoms with Gasteiger partial charge in [-0.2, -0.15) is 0 Å². The van der Waals surface area contributed by atoms with Gasteiger partial charge < -0.3 is 0 Å². The van der Waals surface area contributed by atoms with E-state index >= 15 is 0 Å². The summed E-state index contributed by atoms with van der Waals surface area (Å²) >= 11 is 0. The summed E-state index contributed by atoms with van der Waals surface area (Å²) in [6.45, 7) is 0. The SMILES string of the molecule is c1ccc(-c2c3c(c(-c4ccccc4)c4ccccc24)-c2ccc(-c4ccc5cc6c(cc5c4)-c4cc5c(c7cccc-6c47)-c4ccccc4C54c5ccccc5-c5ccccc54)c4cccc-3c24)cc1. The molecule has 0 heteroatoms. The van der Waals surface area contributed by atoms with Crippen LogP contribution in [0.5, 0.6) is 0 Å². The fourth-order valence-electron chi connectivity index (χ4n) is 14.3. The minimum Gasteiger partial charge on any atom is -0.0622 e. The molecule has 0 unspecified atom stereocenters. The van der Waals surface area contributed by atoms with Crippen molar-refractivity contribution in [1.29, 1.82) is 0 Å². The maximum absolute atomic E-state index is 2.60. The van der Waals surface area contributed by atoms with Gasteiger partial charge in [0.1, 0.15) is 0 Å². The van der Waals surface area contributed by atoms with E-state index in [1.165, 1.54) is 165 Å². The standard InChI is InChI=1S/C71H40/c1-3-17-41(18-4-1)64-50-23-7-8-24-51(50)65(42-19-5-2-6-20-42)70-56-36-35-46(49-26-15-29-55(66(49)56)69(64)70)44-34-33-43-38-57-52-27-16-28-54-67(52)59(58(57)39-45(43)37-44)40-63-68(54)53-25-11-14-32-62(53)71(63)60-30-12-9-21-47(60)48-22-10-13-31-61(48)71/h1-40H. The molecular formula is C71H40. The van der Waals surface area contributed by atoms with Gasteiger partial charge in [0.25, 0.3) is 0 Å². The molecule has 0 saturated heterocycles. The van der Waals surface area contributed by atoms with Gasteiger partial charge in [-0.25, -0.2) is 0 Å². The second kappa shape index (κ2) is 13.6. The minimum atomic E-state index is -0.404. The summed E-state index contributed by atoms with van der Waals surface area (Å²) in [4.78, 5) is 0. The lowest BCUT2D eigenvalue weighted by Gasteiger charge is -2.30. The monoisotopic (exact) mass is 892 g/mol. The molecule has 0 atom stereocenters. The number of fused-ring (bicyclic) bond motifs is 19. The zero-order valence-electron chi connectivity index (χ0n) is 38.6. The van der Waals surface area contributed by atoms with E-state index < -0.39 is 5.41 Å². The molecular weight excluding hydrogens is 853 g/mol. The van der Waals surface area contributed by atoms with Crippen LogP contribution in [0, 0.1) is 0 Å². The number of rotatable bonds is 3. The molecule has 0 saturated carbocycles. The zero-order valence-corrected chi connectivity index (χ0v) is 38.6. The van der Waals surface area contributed by atoms with Crippen LogP contribution >= 0.6 is 0 Å². The van der Waals surface area contributed by atoms with Crippen molar-refractivity contribution in [2.45, 2.75) is 5.41 Å². The number of hydrogen-bond donors (Lipinski definition) is 0. The zero-order chi connectivity index (χ0) is 46.1. The first-order valence-electron chi connectivity index (χ1n) is 25.0. The Balaban J connectivity index is 0.883. The molecule has 4 aliphatic rings. The first kappa shape index (κ1) is 37.8. The van der Waals surface area contributed by atoms with Crippen molar-refractivity contribution in [3.8, 4) is 100 Å². The van der Waals surface area contributed by atoms with Gasteiger partial charge in [0.15, 0.2) is 0 Å². The first-order chi connectivity index (χ1) is 35.3. The van der Waals surface area contributed by atoms with Crippen LogP contribution in [0.4, 0.5) is 0 Å². The average Bonchev–Trinajstić information content (AvgIpc) is 4.15. The Hall–Kier alpha value is -9.10. The van der Waals surface area contributed by atoms with Crippen LogP contribution in [0.25, 0.3) is 143 Å². The predicted octanol–water partition coefficient (Wildman–Crippen LogP) is 18.9. The van der Waals surface area contributed by atoms with Crippen molar-refractivity contribution in [2.75, 3.05) is 0 Å². The molecule has 0 N–H and O–H groups in total. The Kier molecular flexibility index (Phi) is 7.23. The van der Waals surface area contributed by atoms with Gasteiger partial charge in [0.2, 0.25) is 0 Å². The quantitative estimate of drug-likeness (QED) is 0.166. The smallest absolute Gasteiger partial charge is 0.0622 e. The first-order valence-corrected chi connectivity index (χ1v) is 25.0. The minimum absolute atomic E-state index is 0.404. The molecule has 13 aromatic rings. The average molecular weight is 893 g/mol. The van der Waals surface area contributed by atoms with Crippen molar-refractivity contribution in [3.63, 3.8) is 0 Å². The fourth-order valence-corrected chi connectivity index (χ4v) is 14.3. The summed E-state index contributed by atoms with van der Waals surface area (Å²) in [5.74, 6) is 0. The van der Waals surface area contributed by atoms with Crippen molar-refractivity contribution in [2.24, 2.45) is 0 Å². The summed E-state index contributed by atoms with van der Waals surface area (Å²) in [7, 11) is 0. The van der Waals surface area contributed by atoms with Gasteiger partial charge in [-0.3, -0.25) is 0 Å². The Morgan fingerprint density at radius 3 is 1.35 bits per heavy atom. The van der Waals surface area contributed by atoms with Crippen LogP contribution < -0.4 is 0 Å². The van der Waals surface area contributed by atoms with Crippen LogP contribution in [-0.4, -0.2) is 0 Å². The van der Waals surface area contributed by atoms with E-state index in [9.17, 15) is 0 Å². The molecule has 0 fully saturated rings. The molecule has 71 heavy (non-hydrogen) atoms. The molecule has 17 rings (SSSR count). The van der Waals surface area contributed by atoms with E-state index in [1.807, 2.05) is 0 Å². The molecule has 13 aromatic carbocycles. The van der Waals surface area contributed by atoms with Crippen molar-refractivity contribution in [3.05, 3.63) is 265 Å². The molecule has 4 aliphatic carbocycles. The third-order valence-corrected chi connectivity index (χ3v) is 16.9. The second-order valence-electron chi connectivity index (χ2n) is 20.1. The van der Waals surface area contributed by atoms with Crippen LogP contribution in [0.2, 0.25) is 0 Å². The molecule has 0 aliphatic heterocycles. The number of hydrogen-bond acceptors (Lipinski definition) is 0. The normalized spacial score (nSPS) is 13.5. The second-order valence-corrected chi connectivity index (χ2v) is 20.1. The summed E-state index contributed by atoms with van der Waals surface area (Å²) in [5.41, 5.74) is 28.7. The van der Waals surface area contributed by atoms with Gasteiger partial charge in [-0.1, -0.05) is 218 Å². The molecule has 324 valence electrons. The van der Waals surface area contributed by atoms with Crippen LogP contribution in [0.1, 0.15) is 22.3 Å². The molecule has 1 spiro atoms. The van der Waals surface area contributed by atoms with Gasteiger partial charge in [0.05, 0.1) is 5.41 Å². The van der Waals surface area contributed by atoms with Crippen molar-refractivity contribution >= 4 is 43.1 Å². The lowest BCUT2D eigenvalue weighted by Crippen LogP contribution is -2.25. The Labute approximate surface area is 411 Å². The lowest BCUT2D eigenvalue weighted by molar-refractivity contribution is 0.795. The van der Waals surface area contributed by atoms with E-state index in [-0.39, 0.29) is 0 Å². The number of benzene rings is 13. The van der Waals surface area contributed by atoms with Crippen LogP contribution in [0.3, 0.4) is 0 Å². The topological polar surface area (TPSA) is 0 Å². The van der Waals surface area contributed by atoms with Crippen molar-refractivity contribution < 1.29 is 0 Å². The molecule has 0 bridgehead atoms. The summed E-state index contributed by atoms with van der Waals surface area (Å²) < 4.78 is 0. The van der Waals surface area contributed by atoms with E-state index in [4.69, 9.17) is 0 Å². The molecule has 0 heterocycles. The van der Waals surface area contributed by atoms with Crippen LogP contribution in [-0.2, 0) is 5.41 Å². The highest BCUT2D eigenvalue weighted by molar-refractivity contribution is 6.29. The summed E-state index contributed by atoms with van der Waals surface area (Å²) in [5, 5.41) is 10.4. The van der Waals surface area contributed by atoms with E-state index in [0.717, 1.165) is 0 Å². The van der Waals surface area contributed by atoms with Crippen molar-refractivity contribution in [1.82, 2.24) is 0 Å². The predicted molar refractivity (Wildman–Crippen MR) is 298 cm³/mol. The molecule has 0 aromatic heterocycles. The van der Waals surface area contributed by atoms with E-state index in [0.29, 0.717) is 0 Å². The van der Waals surface area contributed by atoms with Gasteiger partial charge >= 0.3 is 0 Å². The highest BCUT2D eigenvalue weighted by Crippen LogP contribution is 2.66. The fraction of sp³-hybridized carbons (Fsp3) is 0.0141. The Morgan fingerprint density at radius 1 is 0.197 bits per heavy atom. The van der Waals surface area contributed by atoms with Gasteiger partial charge in [0, 0.05) is 0 Å². The summed E-state index contributed by atoms with van der Waals surface area (Å²) in [6.07, 6.45) is 0. The third kappa shape index (κ3) is 4.66. The molecule has 0 radical (unpaired) electrons. The molecule has 0 amide bonds. The van der Waals surface area contributed by atoms with E-state index in [1.54, 1.807) is 0 Å². The maximum atomic E-state index is 2.60. The Bertz CT molecular complexity index is 4410. The van der Waals surface area contributed by atoms with E-state index in [2.05, 4.69) is 243 Å². The maximum Gasteiger partial charge on any atom is 0.0725 e. The van der Waals surface area contributed by atoms with Crippen LogP contribution in [0.15, 0.2) is 243 Å². The molecule has 0 nitrogen and oxygen atoms in total. The third-order valence-electron chi connectivity index (χ3n) is 16.9. The lowest BCUT2D eigenvalue weighted by atomic mass is 9.70. The van der Waals surface area contributed by atoms with Gasteiger partial charge in [-0.15, -0.1) is 0 Å². The largest absolute Gasteiger partial charge is 0.0725 e. The highest BCUT2D eigenvalue weighted by Gasteiger charge is 2.52. The summed E-state index contributed by atoms with van der Waals surface area (Å²) in [6, 6.07) is 92.1. The Morgan fingerprint density at radius 2 is 0.676 bits per heavy atom. The van der Waals surface area contributed by atoms with Gasteiger partial charge in [-0.05, 0) is 190 Å². The highest BCUT2D eigenvalue weighted by atomic mass is 14.5.